The van der Waals surface area contributed by atoms with Crippen LogP contribution in [-0.2, 0) is 6.42 Å². The van der Waals surface area contributed by atoms with Crippen LogP contribution in [0.25, 0.3) is 0 Å². The van der Waals surface area contributed by atoms with Gasteiger partial charge in [0.2, 0.25) is 0 Å². The molecule has 0 aliphatic rings. The van der Waals surface area contributed by atoms with Crippen LogP contribution in [0.15, 0.2) is 72.8 Å². The van der Waals surface area contributed by atoms with Crippen LogP contribution in [0.1, 0.15) is 33.0 Å². The highest BCUT2D eigenvalue weighted by Gasteiger charge is 2.12. The third-order valence-electron chi connectivity index (χ3n) is 4.09. The van der Waals surface area contributed by atoms with E-state index in [1.165, 1.54) is 5.56 Å². The molecule has 0 aliphatic carbocycles. The number of aromatic nitrogens is 1. The van der Waals surface area contributed by atoms with Crippen molar-refractivity contribution in [2.24, 2.45) is 0 Å². The third kappa shape index (κ3) is 5.66. The van der Waals surface area contributed by atoms with E-state index in [0.29, 0.717) is 17.3 Å². The first-order chi connectivity index (χ1) is 13.6. The van der Waals surface area contributed by atoms with Crippen molar-refractivity contribution in [3.8, 4) is 0 Å². The van der Waals surface area contributed by atoms with Crippen LogP contribution in [-0.4, -0.2) is 23.3 Å². The number of pyridine rings is 1. The number of carbonyl (C=O) groups excluding carboxylic acids is 2. The summed E-state index contributed by atoms with van der Waals surface area (Å²) in [6, 6.07) is 21.7. The molecule has 0 saturated heterocycles. The van der Waals surface area contributed by atoms with Crippen molar-refractivity contribution in [2.45, 2.75) is 12.8 Å². The van der Waals surface area contributed by atoms with E-state index in [-0.39, 0.29) is 23.2 Å². The highest BCUT2D eigenvalue weighted by Crippen LogP contribution is 2.14. The summed E-state index contributed by atoms with van der Waals surface area (Å²) in [4.78, 5) is 28.8. The van der Waals surface area contributed by atoms with Crippen molar-refractivity contribution in [1.82, 2.24) is 10.3 Å². The molecule has 3 aromatic rings. The van der Waals surface area contributed by atoms with Gasteiger partial charge in [-0.1, -0.05) is 48.0 Å². The van der Waals surface area contributed by atoms with E-state index in [2.05, 4.69) is 27.8 Å². The number of hydrogen-bond donors (Lipinski definition) is 2. The Kier molecular flexibility index (Phi) is 6.76. The molecular formula is C22H20ClN3O2. The lowest BCUT2D eigenvalue weighted by Crippen LogP contribution is -2.26. The molecule has 0 radical (unpaired) electrons. The first kappa shape index (κ1) is 19.6. The molecular weight excluding hydrogens is 374 g/mol. The lowest BCUT2D eigenvalue weighted by atomic mass is 10.1. The number of halogens is 1. The fraction of sp³-hybridized carbons (Fsp3) is 0.136. The zero-order chi connectivity index (χ0) is 19.8. The Balaban J connectivity index is 1.53. The second kappa shape index (κ2) is 9.67. The van der Waals surface area contributed by atoms with E-state index in [9.17, 15) is 9.59 Å². The smallest absolute Gasteiger partial charge is 0.274 e. The summed E-state index contributed by atoms with van der Waals surface area (Å²) in [5, 5.41) is 6.16. The number of benzene rings is 2. The van der Waals surface area contributed by atoms with E-state index in [4.69, 9.17) is 11.6 Å². The molecule has 1 heterocycles. The summed E-state index contributed by atoms with van der Waals surface area (Å²) >= 11 is 5.84. The molecule has 0 fully saturated rings. The van der Waals surface area contributed by atoms with Gasteiger partial charge >= 0.3 is 0 Å². The maximum atomic E-state index is 12.4. The Morgan fingerprint density at radius 2 is 1.50 bits per heavy atom. The summed E-state index contributed by atoms with van der Waals surface area (Å²) in [6.07, 6.45) is 1.71. The minimum Gasteiger partial charge on any atom is -0.351 e. The number of rotatable bonds is 7. The number of hydrogen-bond acceptors (Lipinski definition) is 3. The normalized spacial score (nSPS) is 10.3. The molecule has 1 aromatic heterocycles. The molecule has 0 atom stereocenters. The van der Waals surface area contributed by atoms with Gasteiger partial charge in [-0.05, 0) is 54.8 Å². The molecule has 0 bridgehead atoms. The van der Waals surface area contributed by atoms with Crippen LogP contribution >= 0.6 is 11.6 Å². The van der Waals surface area contributed by atoms with Gasteiger partial charge in [-0.25, -0.2) is 4.98 Å². The van der Waals surface area contributed by atoms with E-state index in [0.717, 1.165) is 12.8 Å². The summed E-state index contributed by atoms with van der Waals surface area (Å²) < 4.78 is 0. The number of anilines is 1. The van der Waals surface area contributed by atoms with E-state index >= 15 is 0 Å². The molecule has 3 rings (SSSR count). The van der Waals surface area contributed by atoms with Crippen LogP contribution < -0.4 is 10.6 Å². The number of amides is 2. The first-order valence-electron chi connectivity index (χ1n) is 8.98. The highest BCUT2D eigenvalue weighted by molar-refractivity contribution is 6.30. The molecule has 28 heavy (non-hydrogen) atoms. The Bertz CT molecular complexity index is 944. The van der Waals surface area contributed by atoms with Crippen molar-refractivity contribution < 1.29 is 9.59 Å². The van der Waals surface area contributed by atoms with Crippen LogP contribution in [0.2, 0.25) is 5.02 Å². The Morgan fingerprint density at radius 1 is 0.821 bits per heavy atom. The van der Waals surface area contributed by atoms with Gasteiger partial charge in [-0.2, -0.15) is 0 Å². The first-order valence-corrected chi connectivity index (χ1v) is 9.36. The fourth-order valence-electron chi connectivity index (χ4n) is 2.65. The number of carbonyl (C=O) groups is 2. The van der Waals surface area contributed by atoms with Crippen molar-refractivity contribution in [3.63, 3.8) is 0 Å². The molecule has 6 heteroatoms. The standard InChI is InChI=1S/C22H20ClN3O2/c23-17-11-13-18(14-12-17)25-22(28)20-10-4-9-19(26-20)21(27)24-15-5-8-16-6-2-1-3-7-16/h1-4,6-7,9-14H,5,8,15H2,(H,24,27)(H,25,28). The minimum absolute atomic E-state index is 0.173. The molecule has 0 unspecified atom stereocenters. The molecule has 142 valence electrons. The summed E-state index contributed by atoms with van der Waals surface area (Å²) in [5.41, 5.74) is 2.22. The summed E-state index contributed by atoms with van der Waals surface area (Å²) in [5.74, 6) is -0.685. The number of aryl methyl sites for hydroxylation is 1. The second-order valence-electron chi connectivity index (χ2n) is 6.21. The zero-order valence-corrected chi connectivity index (χ0v) is 15.9. The van der Waals surface area contributed by atoms with Crippen LogP contribution in [0, 0.1) is 0 Å². The Labute approximate surface area is 168 Å². The van der Waals surface area contributed by atoms with Gasteiger partial charge in [0.1, 0.15) is 11.4 Å². The SMILES string of the molecule is O=C(NCCCc1ccccc1)c1cccc(C(=O)Nc2ccc(Cl)cc2)n1. The van der Waals surface area contributed by atoms with Crippen LogP contribution in [0.3, 0.4) is 0 Å². The van der Waals surface area contributed by atoms with Crippen molar-refractivity contribution >= 4 is 29.1 Å². The average Bonchev–Trinajstić information content (AvgIpc) is 2.73. The van der Waals surface area contributed by atoms with Crippen molar-refractivity contribution in [2.75, 3.05) is 11.9 Å². The average molecular weight is 394 g/mol. The predicted octanol–water partition coefficient (Wildman–Crippen LogP) is 4.35. The van der Waals surface area contributed by atoms with Gasteiger partial charge in [0.15, 0.2) is 0 Å². The predicted molar refractivity (Wildman–Crippen MR) is 111 cm³/mol. The van der Waals surface area contributed by atoms with E-state index in [1.54, 1.807) is 42.5 Å². The molecule has 2 aromatic carbocycles. The molecule has 2 amide bonds. The summed E-state index contributed by atoms with van der Waals surface area (Å²) in [7, 11) is 0. The van der Waals surface area contributed by atoms with Crippen molar-refractivity contribution in [1.29, 1.82) is 0 Å². The van der Waals surface area contributed by atoms with Gasteiger partial charge < -0.3 is 10.6 Å². The minimum atomic E-state index is -0.388. The highest BCUT2D eigenvalue weighted by atomic mass is 35.5. The Morgan fingerprint density at radius 3 is 2.21 bits per heavy atom. The van der Waals surface area contributed by atoms with Gasteiger partial charge in [0.25, 0.3) is 11.8 Å². The summed E-state index contributed by atoms with van der Waals surface area (Å²) in [6.45, 7) is 0.538. The van der Waals surface area contributed by atoms with Gasteiger partial charge in [-0.3, -0.25) is 9.59 Å². The van der Waals surface area contributed by atoms with Crippen molar-refractivity contribution in [3.05, 3.63) is 94.8 Å². The van der Waals surface area contributed by atoms with Crippen LogP contribution in [0.5, 0.6) is 0 Å². The van der Waals surface area contributed by atoms with E-state index in [1.807, 2.05) is 18.2 Å². The molecule has 0 spiro atoms. The molecule has 5 nitrogen and oxygen atoms in total. The van der Waals surface area contributed by atoms with Gasteiger partial charge in [-0.15, -0.1) is 0 Å². The lowest BCUT2D eigenvalue weighted by molar-refractivity contribution is 0.0948. The zero-order valence-electron chi connectivity index (χ0n) is 15.2. The molecule has 0 aliphatic heterocycles. The maximum Gasteiger partial charge on any atom is 0.274 e. The molecule has 0 saturated carbocycles. The molecule has 2 N–H and O–H groups in total. The monoisotopic (exact) mass is 393 g/mol. The van der Waals surface area contributed by atoms with E-state index < -0.39 is 0 Å². The Hall–Kier alpha value is -3.18. The number of nitrogens with one attached hydrogen (secondary N) is 2. The van der Waals surface area contributed by atoms with Gasteiger partial charge in [0, 0.05) is 17.3 Å². The lowest BCUT2D eigenvalue weighted by Gasteiger charge is -2.08. The third-order valence-corrected chi connectivity index (χ3v) is 4.34. The maximum absolute atomic E-state index is 12.4. The number of nitrogens with zero attached hydrogens (tertiary/aromatic N) is 1. The largest absolute Gasteiger partial charge is 0.351 e. The fourth-order valence-corrected chi connectivity index (χ4v) is 2.77. The quantitative estimate of drug-likeness (QED) is 0.586. The van der Waals surface area contributed by atoms with Gasteiger partial charge in [0.05, 0.1) is 0 Å². The second-order valence-corrected chi connectivity index (χ2v) is 6.65. The van der Waals surface area contributed by atoms with Crippen LogP contribution in [0.4, 0.5) is 5.69 Å². The topological polar surface area (TPSA) is 71.1 Å².